The van der Waals surface area contributed by atoms with Gasteiger partial charge < -0.3 is 10.5 Å². The molecule has 11 nitrogen and oxygen atoms in total. The van der Waals surface area contributed by atoms with Crippen LogP contribution in [0.3, 0.4) is 0 Å². The molecule has 1 amide bonds. The number of amides is 1. The highest BCUT2D eigenvalue weighted by molar-refractivity contribution is 6.46. The number of nitrogens with one attached hydrogen (secondary N) is 1. The van der Waals surface area contributed by atoms with Crippen LogP contribution in [0.15, 0.2) is 35.7 Å². The first-order valence-corrected chi connectivity index (χ1v) is 9.81. The molecule has 3 rings (SSSR count). The SMILES string of the molecule is COc1ccc(/C=N\NC(=O)c2nc(Cl)c(Cl)c(N)c2Cl)cc1Cn1cc([N+](=O)[O-])cn1. The summed E-state index contributed by atoms with van der Waals surface area (Å²) < 4.78 is 6.73. The van der Waals surface area contributed by atoms with Crippen LogP contribution in [0.4, 0.5) is 11.4 Å². The minimum absolute atomic E-state index is 0.0509. The summed E-state index contributed by atoms with van der Waals surface area (Å²) in [5.74, 6) is -0.194. The van der Waals surface area contributed by atoms with Crippen molar-refractivity contribution in [3.8, 4) is 5.75 Å². The van der Waals surface area contributed by atoms with Gasteiger partial charge in [0.2, 0.25) is 0 Å². The van der Waals surface area contributed by atoms with E-state index in [1.807, 2.05) is 0 Å². The molecule has 0 atom stereocenters. The number of carbonyl (C=O) groups is 1. The van der Waals surface area contributed by atoms with Crippen LogP contribution in [-0.2, 0) is 6.54 Å². The van der Waals surface area contributed by atoms with Gasteiger partial charge in [-0.1, -0.05) is 34.8 Å². The topological polar surface area (TPSA) is 151 Å². The third-order valence-corrected chi connectivity index (χ3v) is 5.27. The summed E-state index contributed by atoms with van der Waals surface area (Å²) in [7, 11) is 1.50. The van der Waals surface area contributed by atoms with Gasteiger partial charge in [0.25, 0.3) is 5.91 Å². The van der Waals surface area contributed by atoms with Gasteiger partial charge in [-0.25, -0.2) is 10.4 Å². The summed E-state index contributed by atoms with van der Waals surface area (Å²) in [6.07, 6.45) is 3.84. The van der Waals surface area contributed by atoms with Gasteiger partial charge >= 0.3 is 5.69 Å². The van der Waals surface area contributed by atoms with Gasteiger partial charge in [-0.15, -0.1) is 0 Å². The van der Waals surface area contributed by atoms with E-state index in [1.165, 1.54) is 24.2 Å². The number of aromatic nitrogens is 3. The van der Waals surface area contributed by atoms with E-state index in [4.69, 9.17) is 45.3 Å². The lowest BCUT2D eigenvalue weighted by atomic mass is 10.1. The van der Waals surface area contributed by atoms with Crippen molar-refractivity contribution in [3.63, 3.8) is 0 Å². The molecule has 1 aromatic carbocycles. The number of benzene rings is 1. The zero-order valence-corrected chi connectivity index (χ0v) is 18.5. The van der Waals surface area contributed by atoms with Gasteiger partial charge in [0.05, 0.1) is 35.5 Å². The zero-order chi connectivity index (χ0) is 23.4. The standard InChI is InChI=1S/C18H14Cl3N7O4/c1-32-12-3-2-9(4-10(12)7-27-8-11(6-24-27)28(30)31)5-23-26-18(29)16-13(19)15(22)14(20)17(21)25-16/h2-6,8H,7H2,1H3,(H2,22,25)(H,26,29)/b23-5-. The molecule has 166 valence electrons. The van der Waals surface area contributed by atoms with Gasteiger partial charge in [-0.2, -0.15) is 10.2 Å². The Labute approximate surface area is 195 Å². The molecule has 0 aliphatic rings. The third-order valence-electron chi connectivity index (χ3n) is 4.13. The number of nitrogens with zero attached hydrogens (tertiary/aromatic N) is 5. The highest BCUT2D eigenvalue weighted by atomic mass is 35.5. The first-order chi connectivity index (χ1) is 15.2. The van der Waals surface area contributed by atoms with Crippen LogP contribution in [0.1, 0.15) is 21.6 Å². The highest BCUT2D eigenvalue weighted by Crippen LogP contribution is 2.34. The van der Waals surface area contributed by atoms with Crippen molar-refractivity contribution in [1.82, 2.24) is 20.2 Å². The van der Waals surface area contributed by atoms with E-state index in [1.54, 1.807) is 18.2 Å². The number of rotatable bonds is 7. The number of ether oxygens (including phenoxy) is 1. The molecule has 2 heterocycles. The summed E-state index contributed by atoms with van der Waals surface area (Å²) in [6, 6.07) is 5.12. The van der Waals surface area contributed by atoms with Gasteiger partial charge in [-0.05, 0) is 23.8 Å². The summed E-state index contributed by atoms with van der Waals surface area (Å²) in [5.41, 5.74) is 8.85. The Morgan fingerprint density at radius 3 is 2.78 bits per heavy atom. The van der Waals surface area contributed by atoms with Gasteiger partial charge in [0.15, 0.2) is 10.8 Å². The minimum Gasteiger partial charge on any atom is -0.496 e. The second-order valence-electron chi connectivity index (χ2n) is 6.22. The number of halogens is 3. The smallest absolute Gasteiger partial charge is 0.307 e. The number of hydrogen-bond acceptors (Lipinski definition) is 8. The number of hydrogen-bond donors (Lipinski definition) is 2. The fourth-order valence-electron chi connectivity index (χ4n) is 2.61. The summed E-state index contributed by atoms with van der Waals surface area (Å²) in [4.78, 5) is 26.4. The lowest BCUT2D eigenvalue weighted by Gasteiger charge is -2.09. The Balaban J connectivity index is 1.76. The fraction of sp³-hybridized carbons (Fsp3) is 0.111. The molecule has 0 radical (unpaired) electrons. The van der Waals surface area contributed by atoms with Crippen LogP contribution >= 0.6 is 34.8 Å². The largest absolute Gasteiger partial charge is 0.496 e. The first kappa shape index (κ1) is 23.3. The molecule has 0 saturated heterocycles. The van der Waals surface area contributed by atoms with E-state index >= 15 is 0 Å². The summed E-state index contributed by atoms with van der Waals surface area (Å²) in [5, 5.41) is 18.3. The average Bonchev–Trinajstić information content (AvgIpc) is 3.24. The van der Waals surface area contributed by atoms with E-state index in [0.717, 1.165) is 6.20 Å². The quantitative estimate of drug-likeness (QED) is 0.219. The van der Waals surface area contributed by atoms with Crippen molar-refractivity contribution in [2.24, 2.45) is 5.10 Å². The molecule has 3 aromatic rings. The molecule has 14 heteroatoms. The molecule has 32 heavy (non-hydrogen) atoms. The number of carbonyl (C=O) groups excluding carboxylic acids is 1. The lowest BCUT2D eigenvalue weighted by molar-refractivity contribution is -0.385. The number of nitro groups is 1. The van der Waals surface area contributed by atoms with Crippen molar-refractivity contribution < 1.29 is 14.5 Å². The van der Waals surface area contributed by atoms with Crippen LogP contribution in [0.2, 0.25) is 15.2 Å². The molecule has 0 unspecified atom stereocenters. The number of methoxy groups -OCH3 is 1. The Morgan fingerprint density at radius 1 is 1.38 bits per heavy atom. The number of anilines is 1. The van der Waals surface area contributed by atoms with E-state index in [2.05, 4.69) is 20.6 Å². The van der Waals surface area contributed by atoms with Crippen LogP contribution in [-0.4, -0.2) is 38.9 Å². The predicted octanol–water partition coefficient (Wildman–Crippen LogP) is 3.55. The number of nitrogen functional groups attached to an aromatic ring is 1. The van der Waals surface area contributed by atoms with Crippen LogP contribution in [0.25, 0.3) is 0 Å². The van der Waals surface area contributed by atoms with Crippen molar-refractivity contribution in [1.29, 1.82) is 0 Å². The molecule has 0 bridgehead atoms. The third kappa shape index (κ3) is 5.07. The maximum atomic E-state index is 12.3. The molecule has 0 aliphatic carbocycles. The van der Waals surface area contributed by atoms with E-state index in [9.17, 15) is 14.9 Å². The van der Waals surface area contributed by atoms with Gasteiger partial charge in [-0.3, -0.25) is 19.6 Å². The molecule has 0 spiro atoms. The number of pyridine rings is 1. The van der Waals surface area contributed by atoms with Crippen molar-refractivity contribution in [2.75, 3.05) is 12.8 Å². The monoisotopic (exact) mass is 497 g/mol. The van der Waals surface area contributed by atoms with Crippen molar-refractivity contribution in [2.45, 2.75) is 6.54 Å². The number of nitrogens with two attached hydrogens (primary N) is 1. The van der Waals surface area contributed by atoms with Crippen LogP contribution in [0.5, 0.6) is 5.75 Å². The van der Waals surface area contributed by atoms with Crippen LogP contribution in [0, 0.1) is 10.1 Å². The van der Waals surface area contributed by atoms with E-state index in [0.29, 0.717) is 16.9 Å². The Morgan fingerprint density at radius 2 is 2.12 bits per heavy atom. The Hall–Kier alpha value is -3.41. The molecule has 0 saturated carbocycles. The Bertz CT molecular complexity index is 1230. The van der Waals surface area contributed by atoms with Crippen molar-refractivity contribution >= 4 is 58.3 Å². The fourth-order valence-corrected chi connectivity index (χ4v) is 3.20. The molecule has 0 aliphatic heterocycles. The van der Waals surface area contributed by atoms with Crippen LogP contribution < -0.4 is 15.9 Å². The number of hydrazone groups is 1. The van der Waals surface area contributed by atoms with Gasteiger partial charge in [0.1, 0.15) is 23.2 Å². The molecular weight excluding hydrogens is 485 g/mol. The van der Waals surface area contributed by atoms with E-state index in [-0.39, 0.29) is 38.8 Å². The summed E-state index contributed by atoms with van der Waals surface area (Å²) in [6.45, 7) is 0.215. The van der Waals surface area contributed by atoms with Crippen molar-refractivity contribution in [3.05, 3.63) is 72.7 Å². The second-order valence-corrected chi connectivity index (χ2v) is 7.33. The summed E-state index contributed by atoms with van der Waals surface area (Å²) >= 11 is 17.7. The highest BCUT2D eigenvalue weighted by Gasteiger charge is 2.19. The first-order valence-electron chi connectivity index (χ1n) is 8.68. The molecular formula is C18H14Cl3N7O4. The normalized spacial score (nSPS) is 11.0. The Kier molecular flexibility index (Phi) is 7.13. The van der Waals surface area contributed by atoms with E-state index < -0.39 is 10.8 Å². The maximum absolute atomic E-state index is 12.3. The maximum Gasteiger partial charge on any atom is 0.307 e. The van der Waals surface area contributed by atoms with Gasteiger partial charge in [0, 0.05) is 5.56 Å². The molecule has 0 fully saturated rings. The second kappa shape index (κ2) is 9.81. The lowest BCUT2D eigenvalue weighted by Crippen LogP contribution is -2.20. The minimum atomic E-state index is -0.742. The molecule has 3 N–H and O–H groups in total. The average molecular weight is 499 g/mol. The predicted molar refractivity (Wildman–Crippen MR) is 120 cm³/mol. The zero-order valence-electron chi connectivity index (χ0n) is 16.3. The molecule has 2 aromatic heterocycles.